The van der Waals surface area contributed by atoms with Gasteiger partial charge in [0, 0.05) is 22.8 Å². The largest absolute Gasteiger partial charge is 0.494 e. The minimum atomic E-state index is 0.705. The van der Waals surface area contributed by atoms with Crippen LogP contribution in [0.1, 0.15) is 6.42 Å². The monoisotopic (exact) mass is 284 g/mol. The van der Waals surface area contributed by atoms with Crippen molar-refractivity contribution in [3.05, 3.63) is 54.0 Å². The number of para-hydroxylation sites is 1. The highest BCUT2D eigenvalue weighted by molar-refractivity contribution is 7.17. The van der Waals surface area contributed by atoms with Gasteiger partial charge in [0.1, 0.15) is 11.6 Å². The summed E-state index contributed by atoms with van der Waals surface area (Å²) in [4.78, 5) is 4.39. The minimum absolute atomic E-state index is 0.705. The number of nitrogens with one attached hydrogen (secondary N) is 1. The van der Waals surface area contributed by atoms with E-state index in [0.29, 0.717) is 6.61 Å². The third-order valence-electron chi connectivity index (χ3n) is 3.01. The van der Waals surface area contributed by atoms with Crippen molar-refractivity contribution in [3.8, 4) is 5.75 Å². The summed E-state index contributed by atoms with van der Waals surface area (Å²) < 4.78 is 6.92. The molecule has 4 heteroatoms. The summed E-state index contributed by atoms with van der Waals surface area (Å²) >= 11 is 1.74. The number of fused-ring (bicyclic) bond motifs is 1. The fourth-order valence-corrected chi connectivity index (χ4v) is 2.80. The number of benzene rings is 1. The van der Waals surface area contributed by atoms with E-state index in [9.17, 15) is 0 Å². The molecule has 1 N–H and O–H groups in total. The molecule has 0 unspecified atom stereocenters. The maximum Gasteiger partial charge on any atom is 0.134 e. The molecule has 2 heterocycles. The lowest BCUT2D eigenvalue weighted by Crippen LogP contribution is -2.08. The van der Waals surface area contributed by atoms with Crippen molar-refractivity contribution >= 4 is 27.2 Å². The Bertz CT molecular complexity index is 666. The van der Waals surface area contributed by atoms with Gasteiger partial charge in [0.15, 0.2) is 0 Å². The van der Waals surface area contributed by atoms with Crippen LogP contribution in [0.25, 0.3) is 10.1 Å². The molecule has 3 aromatic rings. The number of thiophene rings is 1. The second-order valence-corrected chi connectivity index (χ2v) is 5.38. The highest BCUT2D eigenvalue weighted by atomic mass is 32.1. The highest BCUT2D eigenvalue weighted by Gasteiger charge is 2.02. The molecule has 0 amide bonds. The number of nitrogens with zero attached hydrogens (tertiary/aromatic N) is 1. The summed E-state index contributed by atoms with van der Waals surface area (Å²) in [6.07, 6.45) is 2.79. The fraction of sp³-hybridized carbons (Fsp3) is 0.188. The molecule has 3 rings (SSSR count). The lowest BCUT2D eigenvalue weighted by Gasteiger charge is -2.08. The molecule has 0 aliphatic heterocycles. The van der Waals surface area contributed by atoms with Crippen LogP contribution in [-0.4, -0.2) is 18.1 Å². The van der Waals surface area contributed by atoms with Crippen LogP contribution >= 0.6 is 11.3 Å². The molecule has 0 saturated carbocycles. The summed E-state index contributed by atoms with van der Waals surface area (Å²) in [5.74, 6) is 1.88. The van der Waals surface area contributed by atoms with E-state index in [0.717, 1.165) is 24.5 Å². The zero-order chi connectivity index (χ0) is 13.6. The van der Waals surface area contributed by atoms with Crippen LogP contribution in [-0.2, 0) is 0 Å². The van der Waals surface area contributed by atoms with Gasteiger partial charge in [-0.05, 0) is 36.1 Å². The van der Waals surface area contributed by atoms with Gasteiger partial charge in [-0.3, -0.25) is 0 Å². The van der Waals surface area contributed by atoms with E-state index < -0.39 is 0 Å². The highest BCUT2D eigenvalue weighted by Crippen LogP contribution is 2.25. The molecule has 0 atom stereocenters. The molecule has 3 nitrogen and oxygen atoms in total. The first-order valence-electron chi connectivity index (χ1n) is 6.67. The predicted molar refractivity (Wildman–Crippen MR) is 84.7 cm³/mol. The Morgan fingerprint density at radius 3 is 2.90 bits per heavy atom. The van der Waals surface area contributed by atoms with Gasteiger partial charge in [-0.15, -0.1) is 11.3 Å². The van der Waals surface area contributed by atoms with E-state index in [-0.39, 0.29) is 0 Å². The normalized spacial score (nSPS) is 10.6. The van der Waals surface area contributed by atoms with Crippen molar-refractivity contribution in [2.45, 2.75) is 6.42 Å². The van der Waals surface area contributed by atoms with Crippen molar-refractivity contribution in [1.29, 1.82) is 0 Å². The van der Waals surface area contributed by atoms with Crippen LogP contribution in [0.4, 0.5) is 5.82 Å². The number of anilines is 1. The van der Waals surface area contributed by atoms with E-state index in [2.05, 4.69) is 21.7 Å². The summed E-state index contributed by atoms with van der Waals surface area (Å²) in [6.45, 7) is 1.56. The summed E-state index contributed by atoms with van der Waals surface area (Å²) in [7, 11) is 0. The number of aromatic nitrogens is 1. The van der Waals surface area contributed by atoms with Crippen LogP contribution < -0.4 is 10.1 Å². The Hall–Kier alpha value is -2.07. The van der Waals surface area contributed by atoms with Gasteiger partial charge in [-0.1, -0.05) is 18.2 Å². The van der Waals surface area contributed by atoms with Gasteiger partial charge in [0.25, 0.3) is 0 Å². The van der Waals surface area contributed by atoms with Gasteiger partial charge >= 0.3 is 0 Å². The molecule has 1 aromatic carbocycles. The molecule has 20 heavy (non-hydrogen) atoms. The molecular formula is C16H16N2OS. The van der Waals surface area contributed by atoms with E-state index >= 15 is 0 Å². The van der Waals surface area contributed by atoms with Gasteiger partial charge in [-0.25, -0.2) is 4.98 Å². The number of pyridine rings is 1. The van der Waals surface area contributed by atoms with Gasteiger partial charge in [0.05, 0.1) is 6.61 Å². The average molecular weight is 284 g/mol. The molecule has 0 aliphatic rings. The Labute approximate surface area is 122 Å². The van der Waals surface area contributed by atoms with Gasteiger partial charge in [0.2, 0.25) is 0 Å². The molecule has 0 bridgehead atoms. The zero-order valence-corrected chi connectivity index (χ0v) is 11.9. The quantitative estimate of drug-likeness (QED) is 0.690. The Balaban J connectivity index is 1.47. The molecule has 2 aromatic heterocycles. The minimum Gasteiger partial charge on any atom is -0.494 e. The first kappa shape index (κ1) is 12.9. The molecule has 0 fully saturated rings. The smallest absolute Gasteiger partial charge is 0.134 e. The van der Waals surface area contributed by atoms with Gasteiger partial charge in [-0.2, -0.15) is 0 Å². The Morgan fingerprint density at radius 2 is 2.00 bits per heavy atom. The van der Waals surface area contributed by atoms with E-state index in [4.69, 9.17) is 4.74 Å². The third kappa shape index (κ3) is 3.08. The van der Waals surface area contributed by atoms with E-state index in [1.165, 1.54) is 10.1 Å². The van der Waals surface area contributed by atoms with Crippen LogP contribution in [0.3, 0.4) is 0 Å². The maximum atomic E-state index is 5.66. The Morgan fingerprint density at radius 1 is 1.10 bits per heavy atom. The van der Waals surface area contributed by atoms with Crippen molar-refractivity contribution in [2.24, 2.45) is 0 Å². The summed E-state index contributed by atoms with van der Waals surface area (Å²) in [6, 6.07) is 14.0. The van der Waals surface area contributed by atoms with E-state index in [1.807, 2.05) is 42.6 Å². The average Bonchev–Trinajstić information content (AvgIpc) is 2.97. The van der Waals surface area contributed by atoms with Crippen LogP contribution in [0.2, 0.25) is 0 Å². The lowest BCUT2D eigenvalue weighted by atomic mass is 10.3. The fourth-order valence-electron chi connectivity index (χ4n) is 2.02. The van der Waals surface area contributed by atoms with Crippen molar-refractivity contribution in [1.82, 2.24) is 4.98 Å². The standard InChI is InChI=1S/C16H16N2OS/c1-2-5-13(6-3-1)19-11-4-9-17-16-14-8-12-20-15(14)7-10-18-16/h1-3,5-8,10,12H,4,9,11H2,(H,17,18). The zero-order valence-electron chi connectivity index (χ0n) is 11.1. The molecule has 102 valence electrons. The second kappa shape index (κ2) is 6.39. The van der Waals surface area contributed by atoms with E-state index in [1.54, 1.807) is 11.3 Å². The first-order chi connectivity index (χ1) is 9.93. The predicted octanol–water partition coefficient (Wildman–Crippen LogP) is 4.18. The number of hydrogen-bond donors (Lipinski definition) is 1. The topological polar surface area (TPSA) is 34.1 Å². The van der Waals surface area contributed by atoms with Crippen LogP contribution in [0.5, 0.6) is 5.75 Å². The molecule has 0 radical (unpaired) electrons. The number of hydrogen-bond acceptors (Lipinski definition) is 4. The first-order valence-corrected chi connectivity index (χ1v) is 7.55. The van der Waals surface area contributed by atoms with Crippen LogP contribution in [0.15, 0.2) is 54.0 Å². The van der Waals surface area contributed by atoms with Crippen LogP contribution in [0, 0.1) is 0 Å². The maximum absolute atomic E-state index is 5.66. The second-order valence-electron chi connectivity index (χ2n) is 4.43. The SMILES string of the molecule is c1ccc(OCCCNc2nccc3sccc23)cc1. The molecular weight excluding hydrogens is 268 g/mol. The summed E-state index contributed by atoms with van der Waals surface area (Å²) in [5, 5.41) is 6.66. The van der Waals surface area contributed by atoms with Crippen molar-refractivity contribution < 1.29 is 4.74 Å². The Kier molecular flexibility index (Phi) is 4.13. The lowest BCUT2D eigenvalue weighted by molar-refractivity contribution is 0.315. The third-order valence-corrected chi connectivity index (χ3v) is 3.89. The molecule has 0 spiro atoms. The van der Waals surface area contributed by atoms with Crippen molar-refractivity contribution in [2.75, 3.05) is 18.5 Å². The van der Waals surface area contributed by atoms with Gasteiger partial charge < -0.3 is 10.1 Å². The number of rotatable bonds is 6. The van der Waals surface area contributed by atoms with Crippen molar-refractivity contribution in [3.63, 3.8) is 0 Å². The number of ether oxygens (including phenoxy) is 1. The molecule has 0 saturated heterocycles. The summed E-state index contributed by atoms with van der Waals surface area (Å²) in [5.41, 5.74) is 0. The molecule has 0 aliphatic carbocycles.